The molecule has 0 fully saturated rings. The number of aromatic nitrogens is 1. The molecular weight excluding hydrogens is 232 g/mol. The molecule has 2 aromatic carbocycles. The van der Waals surface area contributed by atoms with Gasteiger partial charge >= 0.3 is 0 Å². The predicted molar refractivity (Wildman–Crippen MR) is 81.5 cm³/mol. The molecular formula is C17H18N2. The van der Waals surface area contributed by atoms with E-state index in [1.807, 2.05) is 0 Å². The third-order valence-electron chi connectivity index (χ3n) is 3.53. The minimum atomic E-state index is 0.841. The molecule has 1 heterocycles. The highest BCUT2D eigenvalue weighted by Gasteiger charge is 2.03. The van der Waals surface area contributed by atoms with E-state index < -0.39 is 0 Å². The molecule has 0 aliphatic carbocycles. The van der Waals surface area contributed by atoms with Crippen LogP contribution in [0.3, 0.4) is 0 Å². The lowest BCUT2D eigenvalue weighted by Gasteiger charge is -2.09. The first-order valence-electron chi connectivity index (χ1n) is 6.60. The Hall–Kier alpha value is -2.22. The topological polar surface area (TPSA) is 27.8 Å². The highest BCUT2D eigenvalue weighted by molar-refractivity contribution is 5.83. The number of nitrogens with one attached hydrogen (secondary N) is 2. The van der Waals surface area contributed by atoms with Crippen molar-refractivity contribution in [3.05, 3.63) is 65.4 Å². The van der Waals surface area contributed by atoms with Crippen molar-refractivity contribution < 1.29 is 0 Å². The first kappa shape index (κ1) is 11.8. The van der Waals surface area contributed by atoms with E-state index in [-0.39, 0.29) is 0 Å². The summed E-state index contributed by atoms with van der Waals surface area (Å²) in [5.74, 6) is 0. The molecule has 3 aromatic rings. The third-order valence-corrected chi connectivity index (χ3v) is 3.53. The molecule has 2 nitrogen and oxygen atoms in total. The second-order valence-corrected chi connectivity index (χ2v) is 5.03. The van der Waals surface area contributed by atoms with Gasteiger partial charge in [-0.05, 0) is 37.1 Å². The fraction of sp³-hybridized carbons (Fsp3) is 0.176. The van der Waals surface area contributed by atoms with Crippen molar-refractivity contribution in [1.82, 2.24) is 4.98 Å². The number of rotatable bonds is 3. The lowest BCUT2D eigenvalue weighted by atomic mass is 10.1. The van der Waals surface area contributed by atoms with Gasteiger partial charge in [0.25, 0.3) is 0 Å². The summed E-state index contributed by atoms with van der Waals surface area (Å²) in [6.07, 6.45) is 2.08. The third kappa shape index (κ3) is 2.34. The maximum Gasteiger partial charge on any atom is 0.0457 e. The van der Waals surface area contributed by atoms with Crippen LogP contribution in [0.5, 0.6) is 0 Å². The zero-order chi connectivity index (χ0) is 13.2. The van der Waals surface area contributed by atoms with Crippen LogP contribution < -0.4 is 5.32 Å². The summed E-state index contributed by atoms with van der Waals surface area (Å²) in [5.41, 5.74) is 6.29. The SMILES string of the molecule is Cc1ccc(NCc2c[nH]c3ccccc23)c(C)c1. The Morgan fingerprint density at radius 3 is 2.74 bits per heavy atom. The van der Waals surface area contributed by atoms with Gasteiger partial charge in [-0.25, -0.2) is 0 Å². The summed E-state index contributed by atoms with van der Waals surface area (Å²) in [7, 11) is 0. The fourth-order valence-electron chi connectivity index (χ4n) is 2.48. The van der Waals surface area contributed by atoms with Crippen molar-refractivity contribution in [2.24, 2.45) is 0 Å². The van der Waals surface area contributed by atoms with E-state index in [1.54, 1.807) is 0 Å². The van der Waals surface area contributed by atoms with Crippen LogP contribution in [0.15, 0.2) is 48.7 Å². The fourth-order valence-corrected chi connectivity index (χ4v) is 2.48. The summed E-state index contributed by atoms with van der Waals surface area (Å²) in [4.78, 5) is 3.31. The molecule has 1 aromatic heterocycles. The first-order chi connectivity index (χ1) is 9.24. The Kier molecular flexibility index (Phi) is 3.00. The van der Waals surface area contributed by atoms with Crippen LogP contribution in [0.25, 0.3) is 10.9 Å². The number of H-pyrrole nitrogens is 1. The molecule has 2 heteroatoms. The van der Waals surface area contributed by atoms with Gasteiger partial charge in [-0.15, -0.1) is 0 Å². The molecule has 0 atom stereocenters. The molecule has 0 unspecified atom stereocenters. The Morgan fingerprint density at radius 1 is 1.05 bits per heavy atom. The number of para-hydroxylation sites is 1. The maximum atomic E-state index is 3.51. The van der Waals surface area contributed by atoms with E-state index in [0.29, 0.717) is 0 Å². The first-order valence-corrected chi connectivity index (χ1v) is 6.60. The molecule has 96 valence electrons. The summed E-state index contributed by atoms with van der Waals surface area (Å²) in [5, 5.41) is 4.81. The van der Waals surface area contributed by atoms with Gasteiger partial charge in [-0.2, -0.15) is 0 Å². The van der Waals surface area contributed by atoms with Gasteiger partial charge in [-0.3, -0.25) is 0 Å². The number of aromatic amines is 1. The largest absolute Gasteiger partial charge is 0.381 e. The van der Waals surface area contributed by atoms with Gasteiger partial charge in [0.1, 0.15) is 0 Å². The molecule has 0 radical (unpaired) electrons. The Morgan fingerprint density at radius 2 is 1.89 bits per heavy atom. The molecule has 0 saturated carbocycles. The monoisotopic (exact) mass is 250 g/mol. The van der Waals surface area contributed by atoms with Crippen LogP contribution in [-0.4, -0.2) is 4.98 Å². The highest BCUT2D eigenvalue weighted by Crippen LogP contribution is 2.21. The summed E-state index contributed by atoms with van der Waals surface area (Å²) in [6, 6.07) is 14.9. The second-order valence-electron chi connectivity index (χ2n) is 5.03. The Labute approximate surface area is 113 Å². The number of aryl methyl sites for hydroxylation is 2. The van der Waals surface area contributed by atoms with E-state index in [2.05, 4.69) is 72.8 Å². The van der Waals surface area contributed by atoms with Crippen molar-refractivity contribution in [3.8, 4) is 0 Å². The minimum Gasteiger partial charge on any atom is -0.381 e. The Bertz CT molecular complexity index is 710. The van der Waals surface area contributed by atoms with E-state index in [4.69, 9.17) is 0 Å². The lowest BCUT2D eigenvalue weighted by molar-refractivity contribution is 1.15. The van der Waals surface area contributed by atoms with Gasteiger partial charge in [0.15, 0.2) is 0 Å². The van der Waals surface area contributed by atoms with Gasteiger partial charge in [0.05, 0.1) is 0 Å². The van der Waals surface area contributed by atoms with Crippen LogP contribution in [-0.2, 0) is 6.54 Å². The van der Waals surface area contributed by atoms with Gasteiger partial charge in [-0.1, -0.05) is 35.9 Å². The molecule has 2 N–H and O–H groups in total. The molecule has 0 spiro atoms. The highest BCUT2D eigenvalue weighted by atomic mass is 14.9. The standard InChI is InChI=1S/C17H18N2/c1-12-7-8-16(13(2)9-12)18-10-14-11-19-17-6-4-3-5-15(14)17/h3-9,11,18-19H,10H2,1-2H3. The van der Waals surface area contributed by atoms with Crippen LogP contribution in [0, 0.1) is 13.8 Å². The van der Waals surface area contributed by atoms with E-state index in [1.165, 1.54) is 33.3 Å². The maximum absolute atomic E-state index is 3.51. The van der Waals surface area contributed by atoms with E-state index in [9.17, 15) is 0 Å². The van der Waals surface area contributed by atoms with Crippen LogP contribution in [0.1, 0.15) is 16.7 Å². The minimum absolute atomic E-state index is 0.841. The van der Waals surface area contributed by atoms with Gasteiger partial charge in [0.2, 0.25) is 0 Å². The molecule has 3 rings (SSSR count). The molecule has 0 amide bonds. The summed E-state index contributed by atoms with van der Waals surface area (Å²) >= 11 is 0. The van der Waals surface area contributed by atoms with Gasteiger partial charge in [0, 0.05) is 29.3 Å². The second kappa shape index (κ2) is 4.81. The zero-order valence-electron chi connectivity index (χ0n) is 11.3. The van der Waals surface area contributed by atoms with Crippen molar-refractivity contribution in [2.45, 2.75) is 20.4 Å². The number of hydrogen-bond acceptors (Lipinski definition) is 1. The Balaban J connectivity index is 1.82. The summed E-state index contributed by atoms with van der Waals surface area (Å²) in [6.45, 7) is 5.11. The van der Waals surface area contributed by atoms with Crippen LogP contribution >= 0.6 is 0 Å². The molecule has 0 saturated heterocycles. The average molecular weight is 250 g/mol. The normalized spacial score (nSPS) is 10.8. The van der Waals surface area contributed by atoms with Crippen LogP contribution in [0.4, 0.5) is 5.69 Å². The zero-order valence-corrected chi connectivity index (χ0v) is 11.3. The predicted octanol–water partition coefficient (Wildman–Crippen LogP) is 4.40. The summed E-state index contributed by atoms with van der Waals surface area (Å²) < 4.78 is 0. The molecule has 0 bridgehead atoms. The number of hydrogen-bond donors (Lipinski definition) is 2. The van der Waals surface area contributed by atoms with E-state index in [0.717, 1.165) is 6.54 Å². The smallest absolute Gasteiger partial charge is 0.0457 e. The molecule has 0 aliphatic heterocycles. The molecule has 19 heavy (non-hydrogen) atoms. The van der Waals surface area contributed by atoms with Gasteiger partial charge < -0.3 is 10.3 Å². The van der Waals surface area contributed by atoms with Crippen molar-refractivity contribution in [1.29, 1.82) is 0 Å². The molecule has 0 aliphatic rings. The lowest BCUT2D eigenvalue weighted by Crippen LogP contribution is -2.00. The quantitative estimate of drug-likeness (QED) is 0.708. The van der Waals surface area contributed by atoms with Crippen molar-refractivity contribution in [2.75, 3.05) is 5.32 Å². The number of fused-ring (bicyclic) bond motifs is 1. The number of anilines is 1. The van der Waals surface area contributed by atoms with Crippen LogP contribution in [0.2, 0.25) is 0 Å². The average Bonchev–Trinajstić information content (AvgIpc) is 2.81. The van der Waals surface area contributed by atoms with E-state index >= 15 is 0 Å². The van der Waals surface area contributed by atoms with Crippen molar-refractivity contribution >= 4 is 16.6 Å². The van der Waals surface area contributed by atoms with Crippen molar-refractivity contribution in [3.63, 3.8) is 0 Å². The number of benzene rings is 2.